The van der Waals surface area contributed by atoms with Crippen molar-refractivity contribution in [2.24, 2.45) is 0 Å². The molecule has 1 rings (SSSR count). The summed E-state index contributed by atoms with van der Waals surface area (Å²) in [5.74, 6) is -0.940. The molecule has 0 unspecified atom stereocenters. The minimum absolute atomic E-state index is 0.147. The van der Waals surface area contributed by atoms with E-state index in [0.717, 1.165) is 19.4 Å². The number of epoxide rings is 1. The lowest BCUT2D eigenvalue weighted by atomic mass is 10.1. The first-order valence-electron chi connectivity index (χ1n) is 4.20. The highest BCUT2D eigenvalue weighted by molar-refractivity contribution is 5.67. The summed E-state index contributed by atoms with van der Waals surface area (Å²) in [5.41, 5.74) is 0. The Kier molecular flexibility index (Phi) is 3.49. The molecule has 0 radical (unpaired) electrons. The number of aliphatic carboxylic acids is 1. The number of carboxylic acid groups (broad SMARTS) is 1. The van der Waals surface area contributed by atoms with Crippen LogP contribution in [0.15, 0.2) is 0 Å². The van der Waals surface area contributed by atoms with E-state index in [1.54, 1.807) is 0 Å². The zero-order chi connectivity index (χ0) is 8.97. The number of aliphatic hydroxyl groups is 1. The van der Waals surface area contributed by atoms with E-state index >= 15 is 0 Å². The zero-order valence-corrected chi connectivity index (χ0v) is 6.90. The van der Waals surface area contributed by atoms with Crippen molar-refractivity contribution < 1.29 is 19.7 Å². The van der Waals surface area contributed by atoms with Gasteiger partial charge < -0.3 is 14.9 Å². The summed E-state index contributed by atoms with van der Waals surface area (Å²) in [7, 11) is 0. The molecule has 0 aromatic rings. The molecule has 0 aliphatic carbocycles. The quantitative estimate of drug-likeness (QED) is 0.571. The molecule has 12 heavy (non-hydrogen) atoms. The smallest absolute Gasteiger partial charge is 0.305 e. The van der Waals surface area contributed by atoms with Crippen LogP contribution in [-0.4, -0.2) is 35.0 Å². The van der Waals surface area contributed by atoms with E-state index in [0.29, 0.717) is 12.5 Å². The van der Waals surface area contributed by atoms with Gasteiger partial charge in [-0.1, -0.05) is 0 Å². The average Bonchev–Trinajstić information content (AvgIpc) is 2.69. The normalized spacial score (nSPS) is 23.6. The van der Waals surface area contributed by atoms with Crippen molar-refractivity contribution in [3.05, 3.63) is 0 Å². The minimum Gasteiger partial charge on any atom is -0.481 e. The second-order valence-electron chi connectivity index (χ2n) is 3.14. The third-order valence-electron chi connectivity index (χ3n) is 1.88. The largest absolute Gasteiger partial charge is 0.481 e. The average molecular weight is 174 g/mol. The highest BCUT2D eigenvalue weighted by Crippen LogP contribution is 2.17. The summed E-state index contributed by atoms with van der Waals surface area (Å²) < 4.78 is 4.97. The number of carbonyl (C=O) groups is 1. The fraction of sp³-hybridized carbons (Fsp3) is 0.875. The molecule has 0 amide bonds. The Morgan fingerprint density at radius 1 is 1.67 bits per heavy atom. The molecule has 1 saturated heterocycles. The SMILES string of the molecule is O=C(O)C[C@H](O)CCC[C@H]1CO1. The van der Waals surface area contributed by atoms with Crippen LogP contribution in [0, 0.1) is 0 Å². The molecule has 1 fully saturated rings. The van der Waals surface area contributed by atoms with Gasteiger partial charge in [-0.2, -0.15) is 0 Å². The Morgan fingerprint density at radius 2 is 2.33 bits per heavy atom. The number of carboxylic acids is 1. The van der Waals surface area contributed by atoms with Crippen molar-refractivity contribution in [3.63, 3.8) is 0 Å². The van der Waals surface area contributed by atoms with Crippen molar-refractivity contribution in [1.29, 1.82) is 0 Å². The molecular weight excluding hydrogens is 160 g/mol. The van der Waals surface area contributed by atoms with Crippen LogP contribution in [0.4, 0.5) is 0 Å². The summed E-state index contributed by atoms with van der Waals surface area (Å²) >= 11 is 0. The molecule has 0 saturated carbocycles. The number of hydrogen-bond acceptors (Lipinski definition) is 3. The van der Waals surface area contributed by atoms with Gasteiger partial charge in [0.25, 0.3) is 0 Å². The van der Waals surface area contributed by atoms with Crippen LogP contribution in [-0.2, 0) is 9.53 Å². The third kappa shape index (κ3) is 4.31. The molecule has 4 heteroatoms. The molecule has 0 aromatic carbocycles. The van der Waals surface area contributed by atoms with Crippen molar-refractivity contribution in [2.45, 2.75) is 37.9 Å². The molecule has 1 heterocycles. The van der Waals surface area contributed by atoms with Gasteiger partial charge in [-0.05, 0) is 19.3 Å². The first-order valence-corrected chi connectivity index (χ1v) is 4.20. The summed E-state index contributed by atoms with van der Waals surface area (Å²) in [5, 5.41) is 17.5. The molecular formula is C8H14O4. The van der Waals surface area contributed by atoms with Gasteiger partial charge in [0.15, 0.2) is 0 Å². The second-order valence-corrected chi connectivity index (χ2v) is 3.14. The maximum absolute atomic E-state index is 10.1. The van der Waals surface area contributed by atoms with Crippen molar-refractivity contribution in [3.8, 4) is 0 Å². The lowest BCUT2D eigenvalue weighted by Crippen LogP contribution is -2.12. The van der Waals surface area contributed by atoms with Crippen molar-refractivity contribution >= 4 is 5.97 Å². The number of aliphatic hydroxyl groups excluding tert-OH is 1. The first kappa shape index (κ1) is 9.48. The van der Waals surface area contributed by atoms with Crippen LogP contribution >= 0.6 is 0 Å². The maximum atomic E-state index is 10.1. The second kappa shape index (κ2) is 4.42. The van der Waals surface area contributed by atoms with Gasteiger partial charge in [0.1, 0.15) is 0 Å². The Morgan fingerprint density at radius 3 is 2.83 bits per heavy atom. The van der Waals surface area contributed by atoms with E-state index in [1.165, 1.54) is 0 Å². The summed E-state index contributed by atoms with van der Waals surface area (Å²) in [6, 6.07) is 0. The fourth-order valence-corrected chi connectivity index (χ4v) is 1.12. The van der Waals surface area contributed by atoms with E-state index in [2.05, 4.69) is 0 Å². The maximum Gasteiger partial charge on any atom is 0.305 e. The van der Waals surface area contributed by atoms with Gasteiger partial charge in [0, 0.05) is 0 Å². The summed E-state index contributed by atoms with van der Waals surface area (Å²) in [4.78, 5) is 10.1. The van der Waals surface area contributed by atoms with Gasteiger partial charge in [0.05, 0.1) is 25.2 Å². The summed E-state index contributed by atoms with van der Waals surface area (Å²) in [6.45, 7) is 0.828. The van der Waals surface area contributed by atoms with Crippen LogP contribution in [0.5, 0.6) is 0 Å². The zero-order valence-electron chi connectivity index (χ0n) is 6.90. The van der Waals surface area contributed by atoms with Gasteiger partial charge >= 0.3 is 5.97 Å². The van der Waals surface area contributed by atoms with E-state index < -0.39 is 12.1 Å². The molecule has 0 aromatic heterocycles. The number of rotatable bonds is 6. The number of ether oxygens (including phenoxy) is 1. The first-order chi connectivity index (χ1) is 5.68. The van der Waals surface area contributed by atoms with E-state index in [9.17, 15) is 4.79 Å². The number of hydrogen-bond donors (Lipinski definition) is 2. The van der Waals surface area contributed by atoms with Gasteiger partial charge in [0.2, 0.25) is 0 Å². The van der Waals surface area contributed by atoms with Crippen molar-refractivity contribution in [1.82, 2.24) is 0 Å². The predicted molar refractivity (Wildman–Crippen MR) is 41.9 cm³/mol. The van der Waals surface area contributed by atoms with Crippen LogP contribution in [0.3, 0.4) is 0 Å². The van der Waals surface area contributed by atoms with Gasteiger partial charge in [-0.3, -0.25) is 4.79 Å². The molecule has 0 spiro atoms. The topological polar surface area (TPSA) is 70.1 Å². The molecule has 1 aliphatic heterocycles. The van der Waals surface area contributed by atoms with Gasteiger partial charge in [-0.15, -0.1) is 0 Å². The Bertz CT molecular complexity index is 153. The molecule has 4 nitrogen and oxygen atoms in total. The van der Waals surface area contributed by atoms with Gasteiger partial charge in [-0.25, -0.2) is 0 Å². The monoisotopic (exact) mass is 174 g/mol. The lowest BCUT2D eigenvalue weighted by Gasteiger charge is -2.05. The van der Waals surface area contributed by atoms with Crippen LogP contribution in [0.1, 0.15) is 25.7 Å². The van der Waals surface area contributed by atoms with E-state index in [4.69, 9.17) is 14.9 Å². The van der Waals surface area contributed by atoms with Crippen LogP contribution in [0.2, 0.25) is 0 Å². The fourth-order valence-electron chi connectivity index (χ4n) is 1.12. The van der Waals surface area contributed by atoms with Crippen LogP contribution in [0.25, 0.3) is 0 Å². The minimum atomic E-state index is -0.940. The predicted octanol–water partition coefficient (Wildman–Crippen LogP) is 0.391. The highest BCUT2D eigenvalue weighted by Gasteiger charge is 2.21. The highest BCUT2D eigenvalue weighted by atomic mass is 16.6. The molecule has 70 valence electrons. The molecule has 2 atom stereocenters. The standard InChI is InChI=1S/C8H14O4/c9-6(4-8(10)11)2-1-3-7-5-12-7/h6-7,9H,1-5H2,(H,10,11)/t6-,7+/m1/s1. The molecule has 1 aliphatic rings. The third-order valence-corrected chi connectivity index (χ3v) is 1.88. The lowest BCUT2D eigenvalue weighted by molar-refractivity contribution is -0.139. The Labute approximate surface area is 71.2 Å². The molecule has 2 N–H and O–H groups in total. The van der Waals surface area contributed by atoms with Crippen molar-refractivity contribution in [2.75, 3.05) is 6.61 Å². The molecule has 0 bridgehead atoms. The van der Waals surface area contributed by atoms with Crippen LogP contribution < -0.4 is 0 Å². The van der Waals surface area contributed by atoms with E-state index in [-0.39, 0.29) is 6.42 Å². The van der Waals surface area contributed by atoms with E-state index in [1.807, 2.05) is 0 Å². The Hall–Kier alpha value is -0.610. The summed E-state index contributed by atoms with van der Waals surface area (Å²) in [6.07, 6.45) is 1.89. The Balaban J connectivity index is 1.93.